The van der Waals surface area contributed by atoms with Gasteiger partial charge in [0.05, 0.1) is 33.5 Å². The van der Waals surface area contributed by atoms with E-state index in [-0.39, 0.29) is 18.1 Å². The molecule has 31 heavy (non-hydrogen) atoms. The van der Waals surface area contributed by atoms with Crippen LogP contribution in [0.1, 0.15) is 18.9 Å². The summed E-state index contributed by atoms with van der Waals surface area (Å²) in [6.07, 6.45) is 1.47. The molecule has 1 saturated carbocycles. The van der Waals surface area contributed by atoms with Gasteiger partial charge in [-0.25, -0.2) is 13.8 Å². The average Bonchev–Trinajstić information content (AvgIpc) is 3.11. The van der Waals surface area contributed by atoms with E-state index in [0.29, 0.717) is 28.3 Å². The first-order valence-corrected chi connectivity index (χ1v) is 10.9. The number of fused-ring (bicyclic) bond motifs is 2. The number of nitrogens with one attached hydrogen (secondary N) is 2. The Balaban J connectivity index is 1.61. The van der Waals surface area contributed by atoms with Gasteiger partial charge in [-0.05, 0) is 41.7 Å². The second kappa shape index (κ2) is 7.26. The molecule has 1 aliphatic carbocycles. The van der Waals surface area contributed by atoms with E-state index in [1.165, 1.54) is 11.3 Å². The van der Waals surface area contributed by atoms with Gasteiger partial charge in [-0.3, -0.25) is 9.89 Å². The number of halogens is 2. The van der Waals surface area contributed by atoms with E-state index in [2.05, 4.69) is 20.5 Å². The molecule has 0 unspecified atom stereocenters. The SMILES string of the molecule is CCc1c(F)c(N(C)C)c2[nH]ncc2c1-c1ccc2nc(NC(=O)[C@@H]3C[C@@H]3F)sc2c1. The summed E-state index contributed by atoms with van der Waals surface area (Å²) in [5, 5.41) is 11.1. The molecule has 1 fully saturated rings. The van der Waals surface area contributed by atoms with Gasteiger partial charge < -0.3 is 10.2 Å². The summed E-state index contributed by atoms with van der Waals surface area (Å²) in [5.74, 6) is -1.16. The van der Waals surface area contributed by atoms with E-state index < -0.39 is 12.1 Å². The molecule has 2 aromatic heterocycles. The van der Waals surface area contributed by atoms with Gasteiger partial charge in [-0.15, -0.1) is 0 Å². The zero-order valence-corrected chi connectivity index (χ0v) is 18.1. The van der Waals surface area contributed by atoms with Crippen molar-refractivity contribution in [1.82, 2.24) is 15.2 Å². The molecule has 5 rings (SSSR count). The predicted octanol–water partition coefficient (Wildman–Crippen LogP) is 4.90. The van der Waals surface area contributed by atoms with Crippen molar-refractivity contribution in [2.24, 2.45) is 5.92 Å². The highest BCUT2D eigenvalue weighted by molar-refractivity contribution is 7.22. The van der Waals surface area contributed by atoms with E-state index in [1.54, 1.807) is 11.1 Å². The molecule has 2 heterocycles. The molecule has 2 atom stereocenters. The Morgan fingerprint density at radius 1 is 1.39 bits per heavy atom. The summed E-state index contributed by atoms with van der Waals surface area (Å²) in [6, 6.07) is 5.71. The number of rotatable bonds is 5. The normalized spacial score (nSPS) is 18.0. The monoisotopic (exact) mass is 441 g/mol. The molecule has 0 aliphatic heterocycles. The third-order valence-electron chi connectivity index (χ3n) is 5.68. The summed E-state index contributed by atoms with van der Waals surface area (Å²) in [5.41, 5.74) is 4.14. The highest BCUT2D eigenvalue weighted by atomic mass is 32.1. The minimum atomic E-state index is -1.05. The van der Waals surface area contributed by atoms with Gasteiger partial charge in [0.25, 0.3) is 0 Å². The van der Waals surface area contributed by atoms with Crippen molar-refractivity contribution in [3.05, 3.63) is 35.8 Å². The number of benzene rings is 2. The van der Waals surface area contributed by atoms with Gasteiger partial charge in [0.15, 0.2) is 10.9 Å². The van der Waals surface area contributed by atoms with Crippen LogP contribution in [0.4, 0.5) is 19.6 Å². The van der Waals surface area contributed by atoms with Crippen LogP contribution in [0.5, 0.6) is 0 Å². The van der Waals surface area contributed by atoms with Crippen molar-refractivity contribution in [1.29, 1.82) is 0 Å². The molecule has 160 valence electrons. The molecular weight excluding hydrogens is 420 g/mol. The van der Waals surface area contributed by atoms with Crippen LogP contribution < -0.4 is 10.2 Å². The van der Waals surface area contributed by atoms with E-state index in [4.69, 9.17) is 0 Å². The van der Waals surface area contributed by atoms with Crippen LogP contribution in [0.15, 0.2) is 24.4 Å². The lowest BCUT2D eigenvalue weighted by molar-refractivity contribution is -0.117. The maximum absolute atomic E-state index is 15.5. The summed E-state index contributed by atoms with van der Waals surface area (Å²) >= 11 is 1.32. The number of hydrogen-bond donors (Lipinski definition) is 2. The number of hydrogen-bond acceptors (Lipinski definition) is 5. The number of aromatic nitrogens is 3. The fourth-order valence-electron chi connectivity index (χ4n) is 4.03. The third-order valence-corrected chi connectivity index (χ3v) is 6.61. The molecule has 6 nitrogen and oxygen atoms in total. The highest BCUT2D eigenvalue weighted by Gasteiger charge is 2.43. The van der Waals surface area contributed by atoms with Crippen LogP contribution in [0.2, 0.25) is 0 Å². The van der Waals surface area contributed by atoms with Crippen molar-refractivity contribution in [2.45, 2.75) is 25.9 Å². The van der Waals surface area contributed by atoms with Gasteiger partial charge in [0, 0.05) is 19.5 Å². The Morgan fingerprint density at radius 3 is 2.84 bits per heavy atom. The Labute approximate surface area is 181 Å². The lowest BCUT2D eigenvalue weighted by Crippen LogP contribution is -2.14. The topological polar surface area (TPSA) is 73.9 Å². The number of H-pyrrole nitrogens is 1. The zero-order valence-electron chi connectivity index (χ0n) is 17.3. The molecule has 4 aromatic rings. The van der Waals surface area contributed by atoms with Crippen molar-refractivity contribution >= 4 is 49.2 Å². The number of nitrogens with zero attached hydrogens (tertiary/aromatic N) is 3. The van der Waals surface area contributed by atoms with E-state index in [0.717, 1.165) is 26.7 Å². The first kappa shape index (κ1) is 19.9. The Kier molecular flexibility index (Phi) is 4.65. The fourth-order valence-corrected chi connectivity index (χ4v) is 4.94. The first-order chi connectivity index (χ1) is 14.9. The largest absolute Gasteiger partial charge is 0.374 e. The molecule has 0 bridgehead atoms. The average molecular weight is 442 g/mol. The van der Waals surface area contributed by atoms with Gasteiger partial charge in [-0.1, -0.05) is 24.3 Å². The predicted molar refractivity (Wildman–Crippen MR) is 120 cm³/mol. The smallest absolute Gasteiger partial charge is 0.232 e. The molecule has 9 heteroatoms. The number of alkyl halides is 1. The Bertz CT molecular complexity index is 1330. The quantitative estimate of drug-likeness (QED) is 0.462. The molecular formula is C22H21F2N5OS. The van der Waals surface area contributed by atoms with Crippen LogP contribution in [0.25, 0.3) is 32.2 Å². The number of anilines is 2. The third kappa shape index (κ3) is 3.23. The van der Waals surface area contributed by atoms with E-state index in [1.807, 2.05) is 39.2 Å². The van der Waals surface area contributed by atoms with Crippen molar-refractivity contribution in [3.8, 4) is 11.1 Å². The molecule has 0 saturated heterocycles. The number of amides is 1. The van der Waals surface area contributed by atoms with Gasteiger partial charge in [0.2, 0.25) is 5.91 Å². The standard InChI is InChI=1S/C22H21F2N5OS/c1-4-11-17(13-9-25-28-19(13)20(18(11)24)29(2)3)10-5-6-15-16(7-10)31-22(26-15)27-21(30)12-8-14(12)23/h5-7,9,12,14H,4,8H2,1-3H3,(H,25,28)(H,26,27,30)/t12-,14+/m1/s1. The summed E-state index contributed by atoms with van der Waals surface area (Å²) in [4.78, 5) is 18.2. The maximum atomic E-state index is 15.5. The molecule has 1 aliphatic rings. The molecule has 2 aromatic carbocycles. The molecule has 0 spiro atoms. The maximum Gasteiger partial charge on any atom is 0.232 e. The minimum absolute atomic E-state index is 0.262. The molecule has 2 N–H and O–H groups in total. The fraction of sp³-hybridized carbons (Fsp3) is 0.318. The van der Waals surface area contributed by atoms with Crippen molar-refractivity contribution < 1.29 is 13.6 Å². The van der Waals surface area contributed by atoms with Crippen LogP contribution in [-0.4, -0.2) is 41.4 Å². The van der Waals surface area contributed by atoms with Crippen LogP contribution in [-0.2, 0) is 11.2 Å². The number of carbonyl (C=O) groups is 1. The Morgan fingerprint density at radius 2 is 2.16 bits per heavy atom. The summed E-state index contributed by atoms with van der Waals surface area (Å²) in [7, 11) is 3.62. The minimum Gasteiger partial charge on any atom is -0.374 e. The van der Waals surface area contributed by atoms with Crippen LogP contribution in [0, 0.1) is 11.7 Å². The van der Waals surface area contributed by atoms with Crippen molar-refractivity contribution in [3.63, 3.8) is 0 Å². The summed E-state index contributed by atoms with van der Waals surface area (Å²) < 4.78 is 29.5. The van der Waals surface area contributed by atoms with E-state index in [9.17, 15) is 9.18 Å². The molecule has 1 amide bonds. The molecule has 0 radical (unpaired) electrons. The second-order valence-corrected chi connectivity index (χ2v) is 9.00. The van der Waals surface area contributed by atoms with Crippen molar-refractivity contribution in [2.75, 3.05) is 24.3 Å². The summed E-state index contributed by atoms with van der Waals surface area (Å²) in [6.45, 7) is 1.93. The van der Waals surface area contributed by atoms with Gasteiger partial charge in [-0.2, -0.15) is 5.10 Å². The van der Waals surface area contributed by atoms with Gasteiger partial charge in [0.1, 0.15) is 6.17 Å². The van der Waals surface area contributed by atoms with Crippen LogP contribution >= 0.6 is 11.3 Å². The second-order valence-electron chi connectivity index (χ2n) is 7.97. The van der Waals surface area contributed by atoms with Gasteiger partial charge >= 0.3 is 0 Å². The lowest BCUT2D eigenvalue weighted by atomic mass is 9.93. The lowest BCUT2D eigenvalue weighted by Gasteiger charge is -2.20. The highest BCUT2D eigenvalue weighted by Crippen LogP contribution is 2.41. The first-order valence-electron chi connectivity index (χ1n) is 10.1. The number of thiazole rings is 1. The number of carbonyl (C=O) groups excluding carboxylic acids is 1. The number of aromatic amines is 1. The van der Waals surface area contributed by atoms with E-state index >= 15 is 4.39 Å². The Hall–Kier alpha value is -3.07. The zero-order chi connectivity index (χ0) is 21.9. The van der Waals surface area contributed by atoms with Crippen LogP contribution in [0.3, 0.4) is 0 Å².